The molecule has 122 valence electrons. The van der Waals surface area contributed by atoms with Crippen LogP contribution in [0.4, 0.5) is 5.69 Å². The van der Waals surface area contributed by atoms with Crippen LogP contribution in [0.25, 0.3) is 0 Å². The summed E-state index contributed by atoms with van der Waals surface area (Å²) in [5.41, 5.74) is 1.89. The Kier molecular flexibility index (Phi) is 5.46. The molecule has 6 nitrogen and oxygen atoms in total. The molecule has 1 heterocycles. The van der Waals surface area contributed by atoms with Crippen molar-refractivity contribution in [3.8, 4) is 0 Å². The van der Waals surface area contributed by atoms with E-state index in [1.165, 1.54) is 13.0 Å². The van der Waals surface area contributed by atoms with Gasteiger partial charge in [0.2, 0.25) is 15.9 Å². The van der Waals surface area contributed by atoms with Crippen LogP contribution in [0.5, 0.6) is 0 Å². The van der Waals surface area contributed by atoms with Crippen LogP contribution in [-0.4, -0.2) is 25.9 Å². The molecule has 1 aromatic carbocycles. The Hall–Kier alpha value is -2.25. The summed E-state index contributed by atoms with van der Waals surface area (Å²) < 4.78 is 27.4. The summed E-state index contributed by atoms with van der Waals surface area (Å²) in [5, 5.41) is 2.59. The van der Waals surface area contributed by atoms with Gasteiger partial charge in [-0.25, -0.2) is 13.1 Å². The number of nitrogens with zero attached hydrogens (tertiary/aromatic N) is 1. The topological polar surface area (TPSA) is 88.2 Å². The second kappa shape index (κ2) is 7.34. The van der Waals surface area contributed by atoms with Crippen molar-refractivity contribution >= 4 is 21.6 Å². The lowest BCUT2D eigenvalue weighted by molar-refractivity contribution is -0.114. The SMILES string of the molecule is CC(=O)Nc1ccc(C)c(S(=O)(=O)NCCc2ccccn2)c1. The number of amides is 1. The van der Waals surface area contributed by atoms with Crippen molar-refractivity contribution < 1.29 is 13.2 Å². The molecule has 1 aromatic heterocycles. The molecule has 1 amide bonds. The van der Waals surface area contributed by atoms with Gasteiger partial charge in [-0.1, -0.05) is 12.1 Å². The molecule has 0 aliphatic heterocycles. The van der Waals surface area contributed by atoms with Gasteiger partial charge in [0.1, 0.15) is 0 Å². The van der Waals surface area contributed by atoms with Crippen LogP contribution in [0.2, 0.25) is 0 Å². The number of sulfonamides is 1. The van der Waals surface area contributed by atoms with E-state index in [0.29, 0.717) is 17.7 Å². The first-order valence-electron chi connectivity index (χ1n) is 7.16. The number of hydrogen-bond acceptors (Lipinski definition) is 4. The third-order valence-electron chi connectivity index (χ3n) is 3.20. The van der Waals surface area contributed by atoms with Gasteiger partial charge in [0.05, 0.1) is 4.90 Å². The van der Waals surface area contributed by atoms with Crippen LogP contribution in [0.3, 0.4) is 0 Å². The Bertz CT molecular complexity index is 789. The van der Waals surface area contributed by atoms with E-state index in [0.717, 1.165) is 5.69 Å². The average Bonchev–Trinajstić information content (AvgIpc) is 2.49. The number of hydrogen-bond donors (Lipinski definition) is 2. The predicted octanol–water partition coefficient (Wildman–Crippen LogP) is 1.87. The molecule has 0 saturated carbocycles. The van der Waals surface area contributed by atoms with Crippen molar-refractivity contribution in [1.82, 2.24) is 9.71 Å². The monoisotopic (exact) mass is 333 g/mol. The van der Waals surface area contributed by atoms with Gasteiger partial charge >= 0.3 is 0 Å². The molecule has 0 aliphatic rings. The number of nitrogens with one attached hydrogen (secondary N) is 2. The highest BCUT2D eigenvalue weighted by Gasteiger charge is 2.17. The number of anilines is 1. The fraction of sp³-hybridized carbons (Fsp3) is 0.250. The lowest BCUT2D eigenvalue weighted by Crippen LogP contribution is -2.27. The van der Waals surface area contributed by atoms with Crippen molar-refractivity contribution in [2.24, 2.45) is 0 Å². The third kappa shape index (κ3) is 4.87. The molecule has 0 atom stereocenters. The average molecular weight is 333 g/mol. The van der Waals surface area contributed by atoms with Crippen LogP contribution in [0.1, 0.15) is 18.2 Å². The van der Waals surface area contributed by atoms with Gasteiger partial charge in [0, 0.05) is 37.5 Å². The first-order chi connectivity index (χ1) is 10.9. The summed E-state index contributed by atoms with van der Waals surface area (Å²) in [4.78, 5) is 15.4. The smallest absolute Gasteiger partial charge is 0.240 e. The molecular formula is C16H19N3O3S. The Balaban J connectivity index is 2.10. The summed E-state index contributed by atoms with van der Waals surface area (Å²) in [6.45, 7) is 3.34. The molecule has 0 unspecified atom stereocenters. The molecule has 0 spiro atoms. The Morgan fingerprint density at radius 1 is 1.22 bits per heavy atom. The molecule has 0 aliphatic carbocycles. The summed E-state index contributed by atoms with van der Waals surface area (Å²) >= 11 is 0. The van der Waals surface area contributed by atoms with E-state index in [-0.39, 0.29) is 17.3 Å². The largest absolute Gasteiger partial charge is 0.326 e. The zero-order valence-corrected chi connectivity index (χ0v) is 13.9. The number of benzene rings is 1. The zero-order valence-electron chi connectivity index (χ0n) is 13.0. The molecule has 0 fully saturated rings. The number of aromatic nitrogens is 1. The van der Waals surface area contributed by atoms with E-state index in [1.54, 1.807) is 25.3 Å². The maximum atomic E-state index is 12.4. The molecule has 0 bridgehead atoms. The summed E-state index contributed by atoms with van der Waals surface area (Å²) in [5.74, 6) is -0.250. The van der Waals surface area contributed by atoms with E-state index in [9.17, 15) is 13.2 Å². The minimum atomic E-state index is -3.65. The summed E-state index contributed by atoms with van der Waals surface area (Å²) in [6.07, 6.45) is 2.18. The molecule has 0 saturated heterocycles. The van der Waals surface area contributed by atoms with Gasteiger partial charge in [0.15, 0.2) is 0 Å². The second-order valence-corrected chi connectivity index (χ2v) is 6.87. The predicted molar refractivity (Wildman–Crippen MR) is 88.6 cm³/mol. The number of carbonyl (C=O) groups is 1. The summed E-state index contributed by atoms with van der Waals surface area (Å²) in [6, 6.07) is 10.3. The number of pyridine rings is 1. The van der Waals surface area contributed by atoms with Crippen molar-refractivity contribution in [3.63, 3.8) is 0 Å². The maximum Gasteiger partial charge on any atom is 0.240 e. The Labute approximate surface area is 136 Å². The maximum absolute atomic E-state index is 12.4. The van der Waals surface area contributed by atoms with Crippen LogP contribution < -0.4 is 10.0 Å². The molecule has 0 radical (unpaired) electrons. The Morgan fingerprint density at radius 2 is 2.00 bits per heavy atom. The van der Waals surface area contributed by atoms with E-state index in [1.807, 2.05) is 18.2 Å². The second-order valence-electron chi connectivity index (χ2n) is 5.13. The van der Waals surface area contributed by atoms with Crippen LogP contribution in [0.15, 0.2) is 47.5 Å². The van der Waals surface area contributed by atoms with E-state index in [4.69, 9.17) is 0 Å². The zero-order chi connectivity index (χ0) is 16.9. The van der Waals surface area contributed by atoms with Gasteiger partial charge < -0.3 is 5.32 Å². The van der Waals surface area contributed by atoms with Gasteiger partial charge in [-0.15, -0.1) is 0 Å². The van der Waals surface area contributed by atoms with Gasteiger partial charge in [0.25, 0.3) is 0 Å². The minimum absolute atomic E-state index is 0.157. The molecule has 2 aromatic rings. The molecule has 7 heteroatoms. The third-order valence-corrected chi connectivity index (χ3v) is 4.80. The molecule has 2 rings (SSSR count). The first-order valence-corrected chi connectivity index (χ1v) is 8.64. The summed E-state index contributed by atoms with van der Waals surface area (Å²) in [7, 11) is -3.65. The Morgan fingerprint density at radius 3 is 2.65 bits per heavy atom. The lowest BCUT2D eigenvalue weighted by Gasteiger charge is -2.11. The molecule has 23 heavy (non-hydrogen) atoms. The van der Waals surface area contributed by atoms with Gasteiger partial charge in [-0.05, 0) is 36.8 Å². The molecular weight excluding hydrogens is 314 g/mol. The molecule has 2 N–H and O–H groups in total. The standard InChI is InChI=1S/C16H19N3O3S/c1-12-6-7-15(19-13(2)20)11-16(12)23(21,22)18-10-8-14-5-3-4-9-17-14/h3-7,9,11,18H,8,10H2,1-2H3,(H,19,20). The van der Waals surface area contributed by atoms with Crippen molar-refractivity contribution in [2.45, 2.75) is 25.2 Å². The van der Waals surface area contributed by atoms with Crippen molar-refractivity contribution in [3.05, 3.63) is 53.9 Å². The van der Waals surface area contributed by atoms with Gasteiger partial charge in [-0.3, -0.25) is 9.78 Å². The van der Waals surface area contributed by atoms with Crippen LogP contribution >= 0.6 is 0 Å². The first kappa shape index (κ1) is 17.1. The van der Waals surface area contributed by atoms with E-state index in [2.05, 4.69) is 15.0 Å². The van der Waals surface area contributed by atoms with Crippen LogP contribution in [-0.2, 0) is 21.2 Å². The lowest BCUT2D eigenvalue weighted by atomic mass is 10.2. The number of carbonyl (C=O) groups excluding carboxylic acids is 1. The van der Waals surface area contributed by atoms with E-state index < -0.39 is 10.0 Å². The van der Waals surface area contributed by atoms with Gasteiger partial charge in [-0.2, -0.15) is 0 Å². The quantitative estimate of drug-likeness (QED) is 0.845. The normalized spacial score (nSPS) is 11.2. The van der Waals surface area contributed by atoms with Crippen molar-refractivity contribution in [1.29, 1.82) is 0 Å². The highest BCUT2D eigenvalue weighted by Crippen LogP contribution is 2.20. The fourth-order valence-corrected chi connectivity index (χ4v) is 3.41. The van der Waals surface area contributed by atoms with Crippen LogP contribution in [0, 0.1) is 6.92 Å². The van der Waals surface area contributed by atoms with E-state index >= 15 is 0 Å². The highest BCUT2D eigenvalue weighted by molar-refractivity contribution is 7.89. The fourth-order valence-electron chi connectivity index (χ4n) is 2.11. The minimum Gasteiger partial charge on any atom is -0.326 e. The number of rotatable bonds is 6. The van der Waals surface area contributed by atoms with Crippen molar-refractivity contribution in [2.75, 3.05) is 11.9 Å². The number of aryl methyl sites for hydroxylation is 1. The highest BCUT2D eigenvalue weighted by atomic mass is 32.2.